The summed E-state index contributed by atoms with van der Waals surface area (Å²) in [5, 5.41) is 1.16. The van der Waals surface area contributed by atoms with Crippen LogP contribution >= 0.6 is 0 Å². The number of rotatable bonds is 2. The zero-order valence-corrected chi connectivity index (χ0v) is 11.0. The zero-order chi connectivity index (χ0) is 13.2. The fraction of sp³-hybridized carbons (Fsp3) is 0.125. The molecule has 0 aliphatic rings. The van der Waals surface area contributed by atoms with Gasteiger partial charge in [-0.25, -0.2) is 9.97 Å². The van der Waals surface area contributed by atoms with E-state index in [-0.39, 0.29) is 0 Å². The van der Waals surface area contributed by atoms with Crippen LogP contribution in [0.25, 0.3) is 22.2 Å². The van der Waals surface area contributed by atoms with Crippen molar-refractivity contribution in [1.29, 1.82) is 0 Å². The Bertz CT molecular complexity index is 703. The van der Waals surface area contributed by atoms with Gasteiger partial charge in [-0.2, -0.15) is 0 Å². The maximum atomic E-state index is 4.67. The van der Waals surface area contributed by atoms with Crippen molar-refractivity contribution in [2.24, 2.45) is 0 Å². The van der Waals surface area contributed by atoms with Crippen molar-refractivity contribution in [3.63, 3.8) is 0 Å². The van der Waals surface area contributed by atoms with Crippen molar-refractivity contribution in [3.05, 3.63) is 54.7 Å². The van der Waals surface area contributed by atoms with Gasteiger partial charge in [-0.1, -0.05) is 24.3 Å². The first kappa shape index (κ1) is 11.7. The Kier molecular flexibility index (Phi) is 2.88. The van der Waals surface area contributed by atoms with E-state index in [1.165, 1.54) is 0 Å². The average molecular weight is 249 g/mol. The second-order valence-corrected chi connectivity index (χ2v) is 4.69. The van der Waals surface area contributed by atoms with E-state index in [0.717, 1.165) is 28.0 Å². The number of hydrogen-bond donors (Lipinski definition) is 0. The van der Waals surface area contributed by atoms with Crippen LogP contribution in [0.4, 0.5) is 5.82 Å². The lowest BCUT2D eigenvalue weighted by molar-refractivity contribution is 1.07. The first-order valence-electron chi connectivity index (χ1n) is 6.23. The topological polar surface area (TPSA) is 29.0 Å². The predicted molar refractivity (Wildman–Crippen MR) is 79.3 cm³/mol. The molecule has 0 aliphatic heterocycles. The van der Waals surface area contributed by atoms with Gasteiger partial charge in [-0.05, 0) is 24.3 Å². The number of fused-ring (bicyclic) bond motifs is 1. The number of benzene rings is 1. The van der Waals surface area contributed by atoms with Crippen LogP contribution in [-0.2, 0) is 0 Å². The third-order valence-corrected chi connectivity index (χ3v) is 3.10. The molecule has 2 heterocycles. The molecule has 2 aromatic heterocycles. The van der Waals surface area contributed by atoms with Gasteiger partial charge in [-0.15, -0.1) is 0 Å². The molecule has 0 saturated heterocycles. The Morgan fingerprint density at radius 1 is 0.895 bits per heavy atom. The summed E-state index contributed by atoms with van der Waals surface area (Å²) in [4.78, 5) is 11.1. The highest BCUT2D eigenvalue weighted by molar-refractivity contribution is 5.81. The van der Waals surface area contributed by atoms with Gasteiger partial charge in [0.1, 0.15) is 5.82 Å². The van der Waals surface area contributed by atoms with E-state index >= 15 is 0 Å². The number of anilines is 1. The lowest BCUT2D eigenvalue weighted by Crippen LogP contribution is -2.10. The Balaban J connectivity index is 2.03. The molecule has 0 fully saturated rings. The summed E-state index contributed by atoms with van der Waals surface area (Å²) in [7, 11) is 3.96. The molecule has 0 unspecified atom stereocenters. The molecule has 0 spiro atoms. The monoisotopic (exact) mass is 249 g/mol. The average Bonchev–Trinajstić information content (AvgIpc) is 2.47. The van der Waals surface area contributed by atoms with Crippen LogP contribution in [0, 0.1) is 0 Å². The molecule has 0 amide bonds. The van der Waals surface area contributed by atoms with E-state index in [4.69, 9.17) is 0 Å². The minimum Gasteiger partial charge on any atom is -0.363 e. The summed E-state index contributed by atoms with van der Waals surface area (Å²) < 4.78 is 0. The van der Waals surface area contributed by atoms with Gasteiger partial charge in [0.05, 0.1) is 11.2 Å². The summed E-state index contributed by atoms with van der Waals surface area (Å²) in [6.07, 6.45) is 1.87. The van der Waals surface area contributed by atoms with Crippen LogP contribution in [0.2, 0.25) is 0 Å². The van der Waals surface area contributed by atoms with Crippen molar-refractivity contribution in [1.82, 2.24) is 9.97 Å². The van der Waals surface area contributed by atoms with Crippen LogP contribution in [0.15, 0.2) is 54.7 Å². The van der Waals surface area contributed by atoms with Gasteiger partial charge in [0, 0.05) is 31.2 Å². The Labute approximate surface area is 112 Å². The number of aromatic nitrogens is 2. The van der Waals surface area contributed by atoms with Gasteiger partial charge in [0.15, 0.2) is 0 Å². The summed E-state index contributed by atoms with van der Waals surface area (Å²) in [5.41, 5.74) is 3.00. The highest BCUT2D eigenvalue weighted by Crippen LogP contribution is 2.21. The fourth-order valence-electron chi connectivity index (χ4n) is 2.03. The molecule has 94 valence electrons. The smallest absolute Gasteiger partial charge is 0.127 e. The lowest BCUT2D eigenvalue weighted by atomic mass is 10.1. The molecular formula is C16H15N3. The van der Waals surface area contributed by atoms with E-state index in [0.29, 0.717) is 0 Å². The number of pyridine rings is 2. The van der Waals surface area contributed by atoms with E-state index in [2.05, 4.69) is 28.2 Å². The molecule has 19 heavy (non-hydrogen) atoms. The van der Waals surface area contributed by atoms with Crippen molar-refractivity contribution in [2.75, 3.05) is 19.0 Å². The molecule has 0 radical (unpaired) electrons. The second-order valence-electron chi connectivity index (χ2n) is 4.69. The van der Waals surface area contributed by atoms with E-state index in [9.17, 15) is 0 Å². The second kappa shape index (κ2) is 4.69. The molecule has 0 aliphatic carbocycles. The number of para-hydroxylation sites is 1. The highest BCUT2D eigenvalue weighted by atomic mass is 15.1. The van der Waals surface area contributed by atoms with Crippen LogP contribution < -0.4 is 4.90 Å². The standard InChI is InChI=1S/C16H15N3/c1-19(2)16-10-8-13(11-17-16)15-9-7-12-5-3-4-6-14(12)18-15/h3-11H,1-2H3. The van der Waals surface area contributed by atoms with Gasteiger partial charge in [-0.3, -0.25) is 0 Å². The molecule has 0 N–H and O–H groups in total. The lowest BCUT2D eigenvalue weighted by Gasteiger charge is -2.11. The molecule has 3 rings (SSSR count). The van der Waals surface area contributed by atoms with E-state index < -0.39 is 0 Å². The SMILES string of the molecule is CN(C)c1ccc(-c2ccc3ccccc3n2)cn1. The molecule has 3 aromatic rings. The zero-order valence-electron chi connectivity index (χ0n) is 11.0. The van der Waals surface area contributed by atoms with Gasteiger partial charge in [0.2, 0.25) is 0 Å². The maximum absolute atomic E-state index is 4.67. The van der Waals surface area contributed by atoms with Crippen LogP contribution in [0.3, 0.4) is 0 Å². The Hall–Kier alpha value is -2.42. The van der Waals surface area contributed by atoms with Gasteiger partial charge < -0.3 is 4.90 Å². The minimum atomic E-state index is 0.949. The normalized spacial score (nSPS) is 10.6. The van der Waals surface area contributed by atoms with Crippen LogP contribution in [0.5, 0.6) is 0 Å². The number of hydrogen-bond acceptors (Lipinski definition) is 3. The minimum absolute atomic E-state index is 0.949. The fourth-order valence-corrected chi connectivity index (χ4v) is 2.03. The largest absolute Gasteiger partial charge is 0.363 e. The summed E-state index contributed by atoms with van der Waals surface area (Å²) >= 11 is 0. The van der Waals surface area contributed by atoms with Gasteiger partial charge in [0.25, 0.3) is 0 Å². The first-order valence-corrected chi connectivity index (χ1v) is 6.23. The third kappa shape index (κ3) is 2.27. The van der Waals surface area contributed by atoms with Crippen molar-refractivity contribution >= 4 is 16.7 Å². The Morgan fingerprint density at radius 2 is 1.74 bits per heavy atom. The van der Waals surface area contributed by atoms with Gasteiger partial charge >= 0.3 is 0 Å². The quantitative estimate of drug-likeness (QED) is 0.697. The van der Waals surface area contributed by atoms with Crippen molar-refractivity contribution < 1.29 is 0 Å². The van der Waals surface area contributed by atoms with Crippen molar-refractivity contribution in [3.8, 4) is 11.3 Å². The third-order valence-electron chi connectivity index (χ3n) is 3.10. The molecule has 3 nitrogen and oxygen atoms in total. The summed E-state index contributed by atoms with van der Waals surface area (Å²) in [6.45, 7) is 0. The van der Waals surface area contributed by atoms with E-state index in [1.807, 2.05) is 55.5 Å². The molecule has 0 bridgehead atoms. The molecule has 3 heteroatoms. The number of nitrogens with zero attached hydrogens (tertiary/aromatic N) is 3. The maximum Gasteiger partial charge on any atom is 0.127 e. The summed E-state index contributed by atoms with van der Waals surface area (Å²) in [5.74, 6) is 0.949. The molecule has 1 aromatic carbocycles. The summed E-state index contributed by atoms with van der Waals surface area (Å²) in [6, 6.07) is 16.3. The highest BCUT2D eigenvalue weighted by Gasteiger charge is 2.03. The molecule has 0 atom stereocenters. The first-order chi connectivity index (χ1) is 9.24. The van der Waals surface area contributed by atoms with Crippen molar-refractivity contribution in [2.45, 2.75) is 0 Å². The van der Waals surface area contributed by atoms with Crippen LogP contribution in [-0.4, -0.2) is 24.1 Å². The Morgan fingerprint density at radius 3 is 2.47 bits per heavy atom. The molecular weight excluding hydrogens is 234 g/mol. The predicted octanol–water partition coefficient (Wildman–Crippen LogP) is 3.36. The molecule has 0 saturated carbocycles. The van der Waals surface area contributed by atoms with E-state index in [1.54, 1.807) is 0 Å². The van der Waals surface area contributed by atoms with Crippen LogP contribution in [0.1, 0.15) is 0 Å².